The number of amides is 1. The fourth-order valence-electron chi connectivity index (χ4n) is 3.54. The first-order valence-corrected chi connectivity index (χ1v) is 10.5. The van der Waals surface area contributed by atoms with E-state index in [0.717, 1.165) is 31.8 Å². The van der Waals surface area contributed by atoms with Crippen LogP contribution in [-0.4, -0.2) is 33.0 Å². The molecule has 31 heavy (non-hydrogen) atoms. The monoisotopic (exact) mass is 432 g/mol. The quantitative estimate of drug-likeness (QED) is 0.347. The van der Waals surface area contributed by atoms with E-state index in [0.29, 0.717) is 29.2 Å². The Hall–Kier alpha value is -3.27. The van der Waals surface area contributed by atoms with Crippen molar-refractivity contribution in [1.82, 2.24) is 9.97 Å². The fraction of sp³-hybridized carbons (Fsp3) is 0.136. The third-order valence-electron chi connectivity index (χ3n) is 4.96. The highest BCUT2D eigenvalue weighted by Crippen LogP contribution is 2.38. The Morgan fingerprint density at radius 3 is 2.65 bits per heavy atom. The number of nitrogens with two attached hydrogens (primary N) is 1. The van der Waals surface area contributed by atoms with E-state index in [-0.39, 0.29) is 0 Å². The maximum Gasteiger partial charge on any atom is 0.488 e. The number of anilines is 1. The molecule has 0 radical (unpaired) electrons. The molecule has 9 heteroatoms. The highest BCUT2D eigenvalue weighted by atomic mass is 32.1. The van der Waals surface area contributed by atoms with Crippen LogP contribution in [0.15, 0.2) is 48.5 Å². The van der Waals surface area contributed by atoms with E-state index in [9.17, 15) is 14.8 Å². The molecule has 0 aliphatic heterocycles. The molecule has 156 valence electrons. The van der Waals surface area contributed by atoms with Crippen molar-refractivity contribution < 1.29 is 14.8 Å². The number of thiophene rings is 1. The van der Waals surface area contributed by atoms with Gasteiger partial charge in [-0.15, -0.1) is 11.3 Å². The lowest BCUT2D eigenvalue weighted by Crippen LogP contribution is -2.30. The van der Waals surface area contributed by atoms with Crippen LogP contribution in [0.5, 0.6) is 0 Å². The zero-order chi connectivity index (χ0) is 22.1. The zero-order valence-corrected chi connectivity index (χ0v) is 17.9. The Bertz CT molecular complexity index is 1290. The molecule has 1 amide bonds. The molecule has 4 rings (SSSR count). The second kappa shape index (κ2) is 8.47. The van der Waals surface area contributed by atoms with Gasteiger partial charge in [-0.1, -0.05) is 36.4 Å². The molecule has 5 N–H and O–H groups in total. The van der Waals surface area contributed by atoms with Crippen LogP contribution in [0.25, 0.3) is 21.5 Å². The number of rotatable bonds is 6. The maximum absolute atomic E-state index is 11.8. The van der Waals surface area contributed by atoms with Crippen molar-refractivity contribution in [2.75, 3.05) is 5.32 Å². The van der Waals surface area contributed by atoms with Crippen LogP contribution < -0.4 is 16.5 Å². The van der Waals surface area contributed by atoms with E-state index in [4.69, 9.17) is 10.7 Å². The number of benzene rings is 2. The van der Waals surface area contributed by atoms with Crippen molar-refractivity contribution >= 4 is 45.7 Å². The van der Waals surface area contributed by atoms with Crippen molar-refractivity contribution in [3.05, 3.63) is 70.2 Å². The number of nitrogens with zero attached hydrogens (tertiary/aromatic N) is 2. The Balaban J connectivity index is 1.69. The van der Waals surface area contributed by atoms with Crippen LogP contribution in [0.3, 0.4) is 0 Å². The SMILES string of the molecule is Cc1cc(NCc2cccc(B(O)O)c2)nc(-c2c(C)sc3c(C(N)=O)cccc23)n1. The second-order valence-corrected chi connectivity index (χ2v) is 8.49. The van der Waals surface area contributed by atoms with E-state index in [2.05, 4.69) is 10.3 Å². The molecule has 0 saturated heterocycles. The predicted molar refractivity (Wildman–Crippen MR) is 124 cm³/mol. The lowest BCUT2D eigenvalue weighted by atomic mass is 9.80. The molecule has 0 saturated carbocycles. The third-order valence-corrected chi connectivity index (χ3v) is 6.11. The van der Waals surface area contributed by atoms with Gasteiger partial charge in [0.1, 0.15) is 5.82 Å². The fourth-order valence-corrected chi connectivity index (χ4v) is 4.70. The number of hydrogen-bond donors (Lipinski definition) is 4. The molecule has 4 aromatic rings. The summed E-state index contributed by atoms with van der Waals surface area (Å²) in [4.78, 5) is 22.2. The Morgan fingerprint density at radius 2 is 1.90 bits per heavy atom. The number of aryl methyl sites for hydroxylation is 2. The molecule has 2 aromatic heterocycles. The number of nitrogens with one attached hydrogen (secondary N) is 1. The molecule has 0 atom stereocenters. The van der Waals surface area contributed by atoms with Gasteiger partial charge in [-0.05, 0) is 30.9 Å². The standard InChI is InChI=1S/C22H21BN4O3S/c1-12-9-18(25-11-14-5-3-6-15(10-14)23(29)30)27-22(26-12)19-13(2)31-20-16(19)7-4-8-17(20)21(24)28/h3-10,29-30H,11H2,1-2H3,(H2,24,28)(H,25,26,27). The van der Waals surface area contributed by atoms with Gasteiger partial charge in [0.25, 0.3) is 0 Å². The van der Waals surface area contributed by atoms with E-state index in [1.807, 2.05) is 38.1 Å². The summed E-state index contributed by atoms with van der Waals surface area (Å²) in [5.41, 5.74) is 9.06. The van der Waals surface area contributed by atoms with Crippen LogP contribution >= 0.6 is 11.3 Å². The van der Waals surface area contributed by atoms with Gasteiger partial charge in [-0.2, -0.15) is 0 Å². The van der Waals surface area contributed by atoms with Gasteiger partial charge in [-0.3, -0.25) is 4.79 Å². The number of carbonyl (C=O) groups excluding carboxylic acids is 1. The minimum absolute atomic E-state index is 0.435. The van der Waals surface area contributed by atoms with Crippen LogP contribution in [0.4, 0.5) is 5.82 Å². The average Bonchev–Trinajstić information content (AvgIpc) is 3.07. The van der Waals surface area contributed by atoms with Gasteiger partial charge in [-0.25, -0.2) is 9.97 Å². The van der Waals surface area contributed by atoms with Crippen molar-refractivity contribution in [3.8, 4) is 11.4 Å². The minimum atomic E-state index is -1.51. The average molecular weight is 432 g/mol. The van der Waals surface area contributed by atoms with Gasteiger partial charge < -0.3 is 21.1 Å². The number of fused-ring (bicyclic) bond motifs is 1. The maximum atomic E-state index is 11.8. The molecular formula is C22H21BN4O3S. The predicted octanol–water partition coefficient (Wildman–Crippen LogP) is 2.37. The highest BCUT2D eigenvalue weighted by Gasteiger charge is 2.18. The number of primary amides is 1. The molecule has 0 fully saturated rings. The molecule has 0 aliphatic carbocycles. The van der Waals surface area contributed by atoms with Crippen molar-refractivity contribution in [2.24, 2.45) is 5.73 Å². The third kappa shape index (κ3) is 4.29. The van der Waals surface area contributed by atoms with Gasteiger partial charge in [0.05, 0.1) is 5.56 Å². The number of aromatic nitrogens is 2. The molecule has 0 unspecified atom stereocenters. The van der Waals surface area contributed by atoms with E-state index in [1.54, 1.807) is 24.3 Å². The van der Waals surface area contributed by atoms with Gasteiger partial charge in [0.2, 0.25) is 5.91 Å². The summed E-state index contributed by atoms with van der Waals surface area (Å²) in [6.45, 7) is 4.35. The van der Waals surface area contributed by atoms with E-state index in [1.165, 1.54) is 11.3 Å². The first-order chi connectivity index (χ1) is 14.8. The van der Waals surface area contributed by atoms with Crippen molar-refractivity contribution in [2.45, 2.75) is 20.4 Å². The van der Waals surface area contributed by atoms with Crippen LogP contribution in [0.1, 0.15) is 26.5 Å². The molecular weight excluding hydrogens is 411 g/mol. The lowest BCUT2D eigenvalue weighted by molar-refractivity contribution is 0.100. The molecule has 7 nitrogen and oxygen atoms in total. The lowest BCUT2D eigenvalue weighted by Gasteiger charge is -2.10. The first-order valence-electron chi connectivity index (χ1n) is 9.70. The summed E-state index contributed by atoms with van der Waals surface area (Å²) >= 11 is 1.51. The largest absolute Gasteiger partial charge is 0.488 e. The van der Waals surface area contributed by atoms with Gasteiger partial charge in [0, 0.05) is 38.8 Å². The highest BCUT2D eigenvalue weighted by molar-refractivity contribution is 7.20. The van der Waals surface area contributed by atoms with Crippen LogP contribution in [0, 0.1) is 13.8 Å². The van der Waals surface area contributed by atoms with Crippen molar-refractivity contribution in [3.63, 3.8) is 0 Å². The zero-order valence-electron chi connectivity index (χ0n) is 17.1. The van der Waals surface area contributed by atoms with Crippen molar-refractivity contribution in [1.29, 1.82) is 0 Å². The second-order valence-electron chi connectivity index (χ2n) is 7.27. The number of hydrogen-bond acceptors (Lipinski definition) is 7. The summed E-state index contributed by atoms with van der Waals surface area (Å²) in [6, 6.07) is 14.4. The summed E-state index contributed by atoms with van der Waals surface area (Å²) < 4.78 is 0.835. The Labute approximate surface area is 183 Å². The summed E-state index contributed by atoms with van der Waals surface area (Å²) in [7, 11) is -1.51. The number of carbonyl (C=O) groups is 1. The molecule has 0 aliphatic rings. The van der Waals surface area contributed by atoms with Crippen LogP contribution in [0.2, 0.25) is 0 Å². The topological polar surface area (TPSA) is 121 Å². The Morgan fingerprint density at radius 1 is 1.13 bits per heavy atom. The molecule has 2 heterocycles. The minimum Gasteiger partial charge on any atom is -0.423 e. The molecule has 0 spiro atoms. The van der Waals surface area contributed by atoms with E-state index < -0.39 is 13.0 Å². The van der Waals surface area contributed by atoms with Gasteiger partial charge in [0.15, 0.2) is 5.82 Å². The summed E-state index contributed by atoms with van der Waals surface area (Å²) in [5, 5.41) is 22.9. The molecule has 0 bridgehead atoms. The smallest absolute Gasteiger partial charge is 0.423 e. The molecule has 2 aromatic carbocycles. The van der Waals surface area contributed by atoms with E-state index >= 15 is 0 Å². The summed E-state index contributed by atoms with van der Waals surface area (Å²) in [6.07, 6.45) is 0. The normalized spacial score (nSPS) is 11.0. The first kappa shape index (κ1) is 21.0. The van der Waals surface area contributed by atoms with Gasteiger partial charge >= 0.3 is 7.12 Å². The Kier molecular flexibility index (Phi) is 5.73. The summed E-state index contributed by atoms with van der Waals surface area (Å²) in [5.74, 6) is 0.774. The van der Waals surface area contributed by atoms with Crippen LogP contribution in [-0.2, 0) is 6.54 Å².